The minimum Gasteiger partial charge on any atom is -0.496 e. The number of methoxy groups -OCH3 is 2. The fourth-order valence-corrected chi connectivity index (χ4v) is 4.10. The first-order valence-corrected chi connectivity index (χ1v) is 12.2. The molecule has 1 rings (SSSR count). The fraction of sp³-hybridized carbons (Fsp3) is 0.667. The zero-order valence-electron chi connectivity index (χ0n) is 20.7. The van der Waals surface area contributed by atoms with Crippen LogP contribution in [0.1, 0.15) is 95.8 Å². The summed E-state index contributed by atoms with van der Waals surface area (Å²) in [4.78, 5) is 12.6. The molecule has 0 heterocycles. The summed E-state index contributed by atoms with van der Waals surface area (Å²) in [6.45, 7) is 8.66. The lowest BCUT2D eigenvalue weighted by molar-refractivity contribution is -0.179. The second-order valence-electron chi connectivity index (χ2n) is 8.16. The van der Waals surface area contributed by atoms with Gasteiger partial charge in [0.15, 0.2) is 0 Å². The molecular weight excluding hydrogens is 388 g/mol. The van der Waals surface area contributed by atoms with Gasteiger partial charge in [-0.1, -0.05) is 65.9 Å². The van der Waals surface area contributed by atoms with Crippen LogP contribution in [0.4, 0.5) is 0 Å². The van der Waals surface area contributed by atoms with E-state index in [1.54, 1.807) is 14.2 Å². The first kappa shape index (κ1) is 27.2. The molecule has 4 nitrogen and oxygen atoms in total. The smallest absolute Gasteiger partial charge is 0.333 e. The fourth-order valence-electron chi connectivity index (χ4n) is 4.10. The van der Waals surface area contributed by atoms with Gasteiger partial charge in [-0.3, -0.25) is 0 Å². The number of hydrogen-bond donors (Lipinski definition) is 0. The second-order valence-corrected chi connectivity index (χ2v) is 8.16. The van der Waals surface area contributed by atoms with E-state index >= 15 is 0 Å². The highest BCUT2D eigenvalue weighted by Crippen LogP contribution is 2.29. The molecule has 0 amide bonds. The van der Waals surface area contributed by atoms with Crippen molar-refractivity contribution in [3.05, 3.63) is 34.9 Å². The highest BCUT2D eigenvalue weighted by Gasteiger charge is 2.22. The minimum atomic E-state index is -0.496. The molecule has 2 atom stereocenters. The summed E-state index contributed by atoms with van der Waals surface area (Å²) in [6, 6.07) is 4.04. The number of unbranched alkanes of at least 4 members (excludes halogenated alkanes) is 4. The van der Waals surface area contributed by atoms with Crippen molar-refractivity contribution in [2.24, 2.45) is 5.92 Å². The van der Waals surface area contributed by atoms with Crippen LogP contribution in [0.5, 0.6) is 5.75 Å². The van der Waals surface area contributed by atoms with Gasteiger partial charge in [-0.25, -0.2) is 4.79 Å². The molecule has 0 aromatic heterocycles. The third kappa shape index (κ3) is 9.06. The van der Waals surface area contributed by atoms with E-state index in [1.165, 1.54) is 36.5 Å². The molecule has 0 fully saturated rings. The van der Waals surface area contributed by atoms with Crippen molar-refractivity contribution in [3.63, 3.8) is 0 Å². The number of ether oxygens (including phenoxy) is 3. The Morgan fingerprint density at radius 1 is 0.968 bits per heavy atom. The molecule has 0 aliphatic heterocycles. The van der Waals surface area contributed by atoms with Crippen molar-refractivity contribution < 1.29 is 19.0 Å². The average Bonchev–Trinajstić information content (AvgIpc) is 2.79. The average molecular weight is 433 g/mol. The van der Waals surface area contributed by atoms with Crippen molar-refractivity contribution >= 4 is 12.0 Å². The Balaban J connectivity index is 2.98. The number of hydrogen-bond acceptors (Lipinski definition) is 4. The first-order chi connectivity index (χ1) is 15.1. The van der Waals surface area contributed by atoms with Gasteiger partial charge in [0.05, 0.1) is 7.11 Å². The van der Waals surface area contributed by atoms with Gasteiger partial charge >= 0.3 is 5.97 Å². The van der Waals surface area contributed by atoms with E-state index in [9.17, 15) is 4.79 Å². The quantitative estimate of drug-likeness (QED) is 0.121. The van der Waals surface area contributed by atoms with Crippen LogP contribution >= 0.6 is 0 Å². The van der Waals surface area contributed by atoms with Gasteiger partial charge in [0, 0.05) is 19.1 Å². The van der Waals surface area contributed by atoms with E-state index in [0.717, 1.165) is 56.3 Å². The van der Waals surface area contributed by atoms with Gasteiger partial charge in [0.2, 0.25) is 6.29 Å². The molecule has 0 saturated heterocycles. The molecular formula is C27H44O4. The van der Waals surface area contributed by atoms with Gasteiger partial charge in [-0.05, 0) is 60.9 Å². The van der Waals surface area contributed by atoms with E-state index in [2.05, 4.69) is 27.7 Å². The summed E-state index contributed by atoms with van der Waals surface area (Å²) in [5.74, 6) is 0.797. The summed E-state index contributed by atoms with van der Waals surface area (Å²) in [5.41, 5.74) is 3.58. The maximum atomic E-state index is 12.6. The number of esters is 1. The molecule has 2 unspecified atom stereocenters. The second kappa shape index (κ2) is 15.9. The zero-order valence-corrected chi connectivity index (χ0v) is 20.7. The number of carbonyl (C=O) groups excluding carboxylic acids is 1. The summed E-state index contributed by atoms with van der Waals surface area (Å²) >= 11 is 0. The molecule has 1 aromatic rings. The van der Waals surface area contributed by atoms with Crippen LogP contribution in [0.3, 0.4) is 0 Å². The van der Waals surface area contributed by atoms with Crippen LogP contribution in [0.2, 0.25) is 0 Å². The lowest BCUT2D eigenvalue weighted by atomic mass is 9.93. The molecule has 4 heteroatoms. The molecule has 0 N–H and O–H groups in total. The highest BCUT2D eigenvalue weighted by molar-refractivity contribution is 5.87. The van der Waals surface area contributed by atoms with Gasteiger partial charge in [-0.15, -0.1) is 0 Å². The number of benzene rings is 1. The molecule has 0 spiro atoms. The predicted molar refractivity (Wildman–Crippen MR) is 129 cm³/mol. The van der Waals surface area contributed by atoms with Gasteiger partial charge in [0.25, 0.3) is 0 Å². The Bertz CT molecular complexity index is 665. The normalized spacial score (nSPS) is 13.4. The zero-order chi connectivity index (χ0) is 23.1. The van der Waals surface area contributed by atoms with E-state index in [0.29, 0.717) is 0 Å². The first-order valence-electron chi connectivity index (χ1n) is 12.2. The molecule has 1 aromatic carbocycles. The van der Waals surface area contributed by atoms with Crippen LogP contribution in [0.15, 0.2) is 18.2 Å². The van der Waals surface area contributed by atoms with Crippen molar-refractivity contribution in [1.82, 2.24) is 0 Å². The van der Waals surface area contributed by atoms with Crippen molar-refractivity contribution in [1.29, 1.82) is 0 Å². The van der Waals surface area contributed by atoms with Gasteiger partial charge in [0.1, 0.15) is 5.75 Å². The standard InChI is InChI=1S/C27H44O4/c1-7-11-13-14-16-24-22(17-19-25(29-5)23(24)10-4)18-20-26(28)31-27(30-6)21(9-3)15-12-8-2/h17-21,27H,7-16H2,1-6H3/b20-18+. The topological polar surface area (TPSA) is 44.8 Å². The van der Waals surface area contributed by atoms with Gasteiger partial charge in [-0.2, -0.15) is 0 Å². The van der Waals surface area contributed by atoms with Crippen LogP contribution in [-0.4, -0.2) is 26.5 Å². The molecule has 0 aliphatic carbocycles. The van der Waals surface area contributed by atoms with Crippen LogP contribution < -0.4 is 4.74 Å². The van der Waals surface area contributed by atoms with Gasteiger partial charge < -0.3 is 14.2 Å². The lowest BCUT2D eigenvalue weighted by Crippen LogP contribution is -2.28. The monoisotopic (exact) mass is 432 g/mol. The van der Waals surface area contributed by atoms with E-state index in [4.69, 9.17) is 14.2 Å². The number of carbonyl (C=O) groups is 1. The van der Waals surface area contributed by atoms with Crippen LogP contribution in [0.25, 0.3) is 6.08 Å². The lowest BCUT2D eigenvalue weighted by Gasteiger charge is -2.24. The van der Waals surface area contributed by atoms with Crippen molar-refractivity contribution in [3.8, 4) is 5.75 Å². The maximum absolute atomic E-state index is 12.6. The Labute approximate surface area is 190 Å². The Kier molecular flexibility index (Phi) is 14.0. The summed E-state index contributed by atoms with van der Waals surface area (Å²) in [5, 5.41) is 0. The highest BCUT2D eigenvalue weighted by atomic mass is 16.7. The number of rotatable bonds is 16. The predicted octanol–water partition coefficient (Wildman–Crippen LogP) is 7.13. The van der Waals surface area contributed by atoms with Crippen LogP contribution in [-0.2, 0) is 27.1 Å². The maximum Gasteiger partial charge on any atom is 0.333 e. The molecule has 0 radical (unpaired) electrons. The largest absolute Gasteiger partial charge is 0.496 e. The SMILES string of the molecule is CCCCCCc1c(/C=C/C(=O)OC(OC)C(CC)CCCC)ccc(OC)c1CC. The van der Waals surface area contributed by atoms with Crippen LogP contribution in [0, 0.1) is 5.92 Å². The molecule has 0 bridgehead atoms. The summed E-state index contributed by atoms with van der Waals surface area (Å²) < 4.78 is 16.7. The third-order valence-corrected chi connectivity index (χ3v) is 5.98. The van der Waals surface area contributed by atoms with Crippen molar-refractivity contribution in [2.75, 3.05) is 14.2 Å². The van der Waals surface area contributed by atoms with E-state index in [1.807, 2.05) is 18.2 Å². The molecule has 0 aliphatic rings. The molecule has 31 heavy (non-hydrogen) atoms. The summed E-state index contributed by atoms with van der Waals surface area (Å²) in [6.07, 6.45) is 13.8. The van der Waals surface area contributed by atoms with E-state index < -0.39 is 6.29 Å². The molecule has 176 valence electrons. The Morgan fingerprint density at radius 3 is 2.29 bits per heavy atom. The summed E-state index contributed by atoms with van der Waals surface area (Å²) in [7, 11) is 3.33. The third-order valence-electron chi connectivity index (χ3n) is 5.98. The Hall–Kier alpha value is -1.81. The Morgan fingerprint density at radius 2 is 1.71 bits per heavy atom. The van der Waals surface area contributed by atoms with Crippen molar-refractivity contribution in [2.45, 2.75) is 98.2 Å². The molecule has 0 saturated carbocycles. The minimum absolute atomic E-state index is 0.226. The van der Waals surface area contributed by atoms with E-state index in [-0.39, 0.29) is 11.9 Å².